The zero-order chi connectivity index (χ0) is 11.9. The first kappa shape index (κ1) is 12.0. The predicted octanol–water partition coefficient (Wildman–Crippen LogP) is 1.46. The second kappa shape index (κ2) is 4.05. The molecule has 1 aliphatic carbocycles. The molecule has 0 saturated carbocycles. The average molecular weight is 241 g/mol. The van der Waals surface area contributed by atoms with E-state index >= 15 is 0 Å². The molecule has 16 heavy (non-hydrogen) atoms. The van der Waals surface area contributed by atoms with Crippen molar-refractivity contribution < 1.29 is 4.55 Å². The fourth-order valence-corrected chi connectivity index (χ4v) is 2.75. The number of hydrogen-bond acceptors (Lipinski definition) is 3. The molecule has 0 fully saturated rings. The van der Waals surface area contributed by atoms with E-state index in [9.17, 15) is 4.55 Å². The topological polar surface area (TPSA) is 52.9 Å². The Bertz CT molecular complexity index is 383. The molecule has 0 unspecified atom stereocenters. The van der Waals surface area contributed by atoms with Gasteiger partial charge in [-0.1, -0.05) is 0 Å². The van der Waals surface area contributed by atoms with Crippen LogP contribution in [0.3, 0.4) is 0 Å². The van der Waals surface area contributed by atoms with E-state index in [1.807, 2.05) is 34.1 Å². The van der Waals surface area contributed by atoms with E-state index in [-0.39, 0.29) is 10.8 Å². The third-order valence-electron chi connectivity index (χ3n) is 2.90. The molecule has 0 bridgehead atoms. The van der Waals surface area contributed by atoms with Gasteiger partial charge in [0, 0.05) is 24.1 Å². The zero-order valence-electron chi connectivity index (χ0n) is 10.3. The van der Waals surface area contributed by atoms with E-state index in [2.05, 4.69) is 14.3 Å². The van der Waals surface area contributed by atoms with Crippen LogP contribution in [0.4, 0.5) is 0 Å². The minimum atomic E-state index is -1.02. The highest BCUT2D eigenvalue weighted by Crippen LogP contribution is 2.31. The van der Waals surface area contributed by atoms with E-state index in [0.29, 0.717) is 0 Å². The standard InChI is InChI=1S/C11H19N3OS/c1-11(2,3)16(15)13-8-5-6-9-10(8)12-7-14(9)4/h7-8,13H,5-6H2,1-4H3/t8-,16-/m1/s1. The summed E-state index contributed by atoms with van der Waals surface area (Å²) in [5.74, 6) is 0. The molecule has 0 spiro atoms. The molecule has 0 radical (unpaired) electrons. The van der Waals surface area contributed by atoms with Crippen LogP contribution in [0.25, 0.3) is 0 Å². The quantitative estimate of drug-likeness (QED) is 0.798. The van der Waals surface area contributed by atoms with Crippen molar-refractivity contribution in [2.75, 3.05) is 0 Å². The number of nitrogens with zero attached hydrogens (tertiary/aromatic N) is 2. The van der Waals surface area contributed by atoms with Crippen molar-refractivity contribution >= 4 is 11.4 Å². The van der Waals surface area contributed by atoms with Gasteiger partial charge in [-0.2, -0.15) is 0 Å². The lowest BCUT2D eigenvalue weighted by atomic mass is 10.2. The summed E-state index contributed by atoms with van der Waals surface area (Å²) < 4.78 is 17.0. The van der Waals surface area contributed by atoms with E-state index < -0.39 is 11.4 Å². The molecule has 90 valence electrons. The Morgan fingerprint density at radius 1 is 1.56 bits per heavy atom. The second-order valence-electron chi connectivity index (χ2n) is 5.28. The van der Waals surface area contributed by atoms with Crippen LogP contribution >= 0.6 is 0 Å². The Balaban J connectivity index is 2.09. The van der Waals surface area contributed by atoms with Crippen LogP contribution < -0.4 is 4.72 Å². The van der Waals surface area contributed by atoms with Crippen LogP contribution in [-0.2, 0) is 24.8 Å². The Morgan fingerprint density at radius 2 is 2.25 bits per heavy atom. The summed E-state index contributed by atoms with van der Waals surface area (Å²) in [4.78, 5) is 4.38. The Labute approximate surface area is 99.8 Å². The largest absolute Gasteiger partial charge is 0.598 e. The number of rotatable bonds is 2. The number of hydrogen-bond donors (Lipinski definition) is 1. The number of aromatic nitrogens is 2. The first-order valence-electron chi connectivity index (χ1n) is 5.57. The molecule has 1 aromatic rings. The van der Waals surface area contributed by atoms with Gasteiger partial charge in [-0.3, -0.25) is 0 Å². The molecule has 4 nitrogen and oxygen atoms in total. The maximum absolute atomic E-state index is 12.0. The minimum Gasteiger partial charge on any atom is -0.598 e. The second-order valence-corrected chi connectivity index (χ2v) is 7.28. The molecular formula is C11H19N3OS. The Morgan fingerprint density at radius 3 is 2.88 bits per heavy atom. The van der Waals surface area contributed by atoms with Crippen LogP contribution in [0.2, 0.25) is 0 Å². The van der Waals surface area contributed by atoms with Gasteiger partial charge in [0.1, 0.15) is 4.75 Å². The fourth-order valence-electron chi connectivity index (χ4n) is 1.91. The smallest absolute Gasteiger partial charge is 0.136 e. The minimum absolute atomic E-state index is 0.149. The van der Waals surface area contributed by atoms with Crippen molar-refractivity contribution in [3.8, 4) is 0 Å². The van der Waals surface area contributed by atoms with Crippen molar-refractivity contribution in [2.45, 2.75) is 44.4 Å². The molecule has 1 aromatic heterocycles. The van der Waals surface area contributed by atoms with Gasteiger partial charge in [0.2, 0.25) is 0 Å². The Kier molecular flexibility index (Phi) is 3.03. The van der Waals surface area contributed by atoms with Crippen LogP contribution in [0, 0.1) is 0 Å². The van der Waals surface area contributed by atoms with E-state index in [1.165, 1.54) is 5.69 Å². The highest BCUT2D eigenvalue weighted by Gasteiger charge is 2.34. The van der Waals surface area contributed by atoms with Crippen LogP contribution in [-0.4, -0.2) is 18.9 Å². The van der Waals surface area contributed by atoms with Gasteiger partial charge in [-0.25, -0.2) is 4.98 Å². The molecule has 1 aliphatic rings. The molecule has 0 amide bonds. The van der Waals surface area contributed by atoms with Crippen LogP contribution in [0.1, 0.15) is 44.6 Å². The number of fused-ring (bicyclic) bond motifs is 1. The summed E-state index contributed by atoms with van der Waals surface area (Å²) in [6.45, 7) is 5.93. The normalized spacial score (nSPS) is 22.2. The van der Waals surface area contributed by atoms with E-state index in [0.717, 1.165) is 18.5 Å². The molecule has 2 atom stereocenters. The third-order valence-corrected chi connectivity index (χ3v) is 4.51. The number of imidazole rings is 1. The van der Waals surface area contributed by atoms with Gasteiger partial charge in [-0.05, 0) is 33.6 Å². The first-order valence-corrected chi connectivity index (χ1v) is 6.72. The summed E-state index contributed by atoms with van der Waals surface area (Å²) in [6.07, 6.45) is 3.84. The SMILES string of the molecule is Cn1cnc2c1CC[C@H]2N[S@+]([O-])C(C)(C)C. The number of aryl methyl sites for hydroxylation is 1. The summed E-state index contributed by atoms with van der Waals surface area (Å²) in [7, 11) is 2.01. The van der Waals surface area contributed by atoms with Gasteiger partial charge in [-0.15, -0.1) is 4.72 Å². The lowest BCUT2D eigenvalue weighted by Crippen LogP contribution is -2.40. The summed E-state index contributed by atoms with van der Waals surface area (Å²) in [5.41, 5.74) is 2.34. The summed E-state index contributed by atoms with van der Waals surface area (Å²) >= 11 is -1.02. The van der Waals surface area contributed by atoms with Gasteiger partial charge >= 0.3 is 0 Å². The average Bonchev–Trinajstić information content (AvgIpc) is 2.70. The summed E-state index contributed by atoms with van der Waals surface area (Å²) in [6, 6.07) is 0.149. The molecule has 5 heteroatoms. The van der Waals surface area contributed by atoms with Crippen LogP contribution in [0.15, 0.2) is 6.33 Å². The molecule has 1 heterocycles. The number of nitrogens with one attached hydrogen (secondary N) is 1. The molecule has 0 aliphatic heterocycles. The zero-order valence-corrected chi connectivity index (χ0v) is 11.1. The maximum Gasteiger partial charge on any atom is 0.136 e. The van der Waals surface area contributed by atoms with Gasteiger partial charge < -0.3 is 9.12 Å². The van der Waals surface area contributed by atoms with Crippen molar-refractivity contribution in [2.24, 2.45) is 7.05 Å². The predicted molar refractivity (Wildman–Crippen MR) is 65.3 cm³/mol. The maximum atomic E-state index is 12.0. The van der Waals surface area contributed by atoms with Crippen molar-refractivity contribution in [3.63, 3.8) is 0 Å². The van der Waals surface area contributed by atoms with Gasteiger partial charge in [0.05, 0.1) is 18.1 Å². The Hall–Kier alpha value is -0.520. The monoisotopic (exact) mass is 241 g/mol. The van der Waals surface area contributed by atoms with Crippen LogP contribution in [0.5, 0.6) is 0 Å². The van der Waals surface area contributed by atoms with Crippen molar-refractivity contribution in [3.05, 3.63) is 17.7 Å². The molecular weight excluding hydrogens is 222 g/mol. The fraction of sp³-hybridized carbons (Fsp3) is 0.727. The lowest BCUT2D eigenvalue weighted by Gasteiger charge is -2.26. The molecule has 0 aromatic carbocycles. The highest BCUT2D eigenvalue weighted by atomic mass is 32.2. The first-order chi connectivity index (χ1) is 7.39. The molecule has 2 rings (SSSR count). The highest BCUT2D eigenvalue weighted by molar-refractivity contribution is 7.90. The van der Waals surface area contributed by atoms with Gasteiger partial charge in [0.25, 0.3) is 0 Å². The van der Waals surface area contributed by atoms with Gasteiger partial charge in [0.15, 0.2) is 0 Å². The summed E-state index contributed by atoms with van der Waals surface area (Å²) in [5, 5.41) is 0. The van der Waals surface area contributed by atoms with Crippen molar-refractivity contribution in [1.82, 2.24) is 14.3 Å². The van der Waals surface area contributed by atoms with E-state index in [4.69, 9.17) is 0 Å². The molecule has 0 saturated heterocycles. The lowest BCUT2D eigenvalue weighted by molar-refractivity contribution is 0.519. The third kappa shape index (κ3) is 2.12. The van der Waals surface area contributed by atoms with Crippen molar-refractivity contribution in [1.29, 1.82) is 0 Å². The molecule has 1 N–H and O–H groups in total. The van der Waals surface area contributed by atoms with E-state index in [1.54, 1.807) is 0 Å².